The Kier molecular flexibility index (Phi) is 5.13. The highest BCUT2D eigenvalue weighted by molar-refractivity contribution is 7.15. The number of benzene rings is 2. The number of alkyl halides is 3. The van der Waals surface area contributed by atoms with Crippen molar-refractivity contribution in [1.29, 1.82) is 0 Å². The number of hydrogen-bond donors (Lipinski definition) is 1. The molecule has 8 heteroatoms. The Bertz CT molecular complexity index is 1070. The maximum Gasteiger partial charge on any atom is 0.416 e. The third kappa shape index (κ3) is 4.38. The second kappa shape index (κ2) is 7.50. The lowest BCUT2D eigenvalue weighted by atomic mass is 9.90. The molecule has 0 bridgehead atoms. The normalized spacial score (nSPS) is 13.5. The maximum atomic E-state index is 13.0. The van der Waals surface area contributed by atoms with E-state index in [1.807, 2.05) is 18.2 Å². The van der Waals surface area contributed by atoms with Gasteiger partial charge in [0, 0.05) is 22.4 Å². The van der Waals surface area contributed by atoms with Crippen LogP contribution in [-0.2, 0) is 18.0 Å². The van der Waals surface area contributed by atoms with E-state index in [2.05, 4.69) is 26.1 Å². The smallest absolute Gasteiger partial charge is 0.416 e. The summed E-state index contributed by atoms with van der Waals surface area (Å²) in [6, 6.07) is 11.0. The summed E-state index contributed by atoms with van der Waals surface area (Å²) in [5.74, 6) is 1.45. The van der Waals surface area contributed by atoms with Gasteiger partial charge < -0.3 is 14.8 Å². The number of nitrogens with zero attached hydrogens (tertiary/aromatic N) is 1. The molecule has 0 amide bonds. The molecule has 0 unspecified atom stereocenters. The second-order valence-corrected chi connectivity index (χ2v) is 9.19. The third-order valence-corrected chi connectivity index (χ3v) is 5.62. The minimum absolute atomic E-state index is 0.212. The summed E-state index contributed by atoms with van der Waals surface area (Å²) >= 11 is 1.45. The molecule has 3 aromatic rings. The van der Waals surface area contributed by atoms with Gasteiger partial charge in [0.05, 0.1) is 11.3 Å². The largest absolute Gasteiger partial charge is 0.454 e. The van der Waals surface area contributed by atoms with E-state index in [-0.39, 0.29) is 12.2 Å². The van der Waals surface area contributed by atoms with E-state index in [0.29, 0.717) is 17.2 Å². The van der Waals surface area contributed by atoms with E-state index in [1.54, 1.807) is 6.07 Å². The summed E-state index contributed by atoms with van der Waals surface area (Å²) < 4.78 is 49.8. The number of fused-ring (bicyclic) bond motifs is 1. The zero-order valence-electron chi connectivity index (χ0n) is 16.8. The molecule has 1 aromatic heterocycles. The molecule has 0 saturated heterocycles. The standard InChI is InChI=1S/C22H21F3N2O2S/c1-21(2,3)19-18(10-13-7-8-16-17(9-13)29-12-28-16)30-20(27-19)26-15-6-4-5-14(11-15)22(23,24)25/h4-9,11H,10,12H2,1-3H3,(H,26,27). The first kappa shape index (κ1) is 20.5. The molecule has 0 radical (unpaired) electrons. The van der Waals surface area contributed by atoms with Crippen molar-refractivity contribution in [1.82, 2.24) is 4.98 Å². The Balaban J connectivity index is 1.62. The van der Waals surface area contributed by atoms with Gasteiger partial charge in [-0.2, -0.15) is 13.2 Å². The maximum absolute atomic E-state index is 13.0. The predicted octanol–water partition coefficient (Wildman–Crippen LogP) is 6.52. The quantitative estimate of drug-likeness (QED) is 0.508. The van der Waals surface area contributed by atoms with Crippen molar-refractivity contribution < 1.29 is 22.6 Å². The van der Waals surface area contributed by atoms with Gasteiger partial charge in [0.15, 0.2) is 16.6 Å². The van der Waals surface area contributed by atoms with Crippen LogP contribution in [0, 0.1) is 0 Å². The van der Waals surface area contributed by atoms with E-state index in [9.17, 15) is 13.2 Å². The third-order valence-electron chi connectivity index (χ3n) is 4.65. The zero-order chi connectivity index (χ0) is 21.5. The van der Waals surface area contributed by atoms with E-state index in [0.717, 1.165) is 39.8 Å². The van der Waals surface area contributed by atoms with Crippen LogP contribution < -0.4 is 14.8 Å². The average Bonchev–Trinajstić information content (AvgIpc) is 3.27. The van der Waals surface area contributed by atoms with Crippen LogP contribution in [-0.4, -0.2) is 11.8 Å². The van der Waals surface area contributed by atoms with Crippen molar-refractivity contribution in [3.8, 4) is 11.5 Å². The molecular formula is C22H21F3N2O2S. The summed E-state index contributed by atoms with van der Waals surface area (Å²) in [5, 5.41) is 3.60. The lowest BCUT2D eigenvalue weighted by Crippen LogP contribution is -2.14. The van der Waals surface area contributed by atoms with Crippen LogP contribution in [0.15, 0.2) is 42.5 Å². The van der Waals surface area contributed by atoms with Gasteiger partial charge in [0.1, 0.15) is 0 Å². The molecule has 1 N–H and O–H groups in total. The van der Waals surface area contributed by atoms with Crippen molar-refractivity contribution in [3.63, 3.8) is 0 Å². The van der Waals surface area contributed by atoms with Gasteiger partial charge in [0.2, 0.25) is 6.79 Å². The molecular weight excluding hydrogens is 413 g/mol. The number of halogens is 3. The number of thiazole rings is 1. The van der Waals surface area contributed by atoms with E-state index >= 15 is 0 Å². The first-order valence-electron chi connectivity index (χ1n) is 9.42. The lowest BCUT2D eigenvalue weighted by Gasteiger charge is -2.17. The monoisotopic (exact) mass is 434 g/mol. The van der Waals surface area contributed by atoms with Crippen molar-refractivity contribution in [2.45, 2.75) is 38.8 Å². The van der Waals surface area contributed by atoms with Gasteiger partial charge in [0.25, 0.3) is 0 Å². The number of ether oxygens (including phenoxy) is 2. The number of rotatable bonds is 4. The fourth-order valence-corrected chi connectivity index (χ4v) is 4.47. The van der Waals surface area contributed by atoms with Gasteiger partial charge in [-0.15, -0.1) is 11.3 Å². The molecule has 1 aliphatic rings. The highest BCUT2D eigenvalue weighted by Gasteiger charge is 2.30. The number of nitrogens with one attached hydrogen (secondary N) is 1. The van der Waals surface area contributed by atoms with Gasteiger partial charge in [-0.1, -0.05) is 32.9 Å². The molecule has 2 heterocycles. The van der Waals surface area contributed by atoms with Crippen LogP contribution >= 0.6 is 11.3 Å². The predicted molar refractivity (Wildman–Crippen MR) is 111 cm³/mol. The van der Waals surface area contributed by atoms with Crippen molar-refractivity contribution >= 4 is 22.2 Å². The van der Waals surface area contributed by atoms with Gasteiger partial charge in [-0.25, -0.2) is 4.98 Å². The molecule has 0 aliphatic carbocycles. The van der Waals surface area contributed by atoms with Crippen LogP contribution in [0.25, 0.3) is 0 Å². The molecule has 1 aliphatic heterocycles. The highest BCUT2D eigenvalue weighted by atomic mass is 32.1. The van der Waals surface area contributed by atoms with Crippen molar-refractivity contribution in [2.75, 3.05) is 12.1 Å². The van der Waals surface area contributed by atoms with E-state index < -0.39 is 11.7 Å². The molecule has 158 valence electrons. The number of anilines is 2. The molecule has 0 atom stereocenters. The van der Waals surface area contributed by atoms with Gasteiger partial charge in [-0.3, -0.25) is 0 Å². The fourth-order valence-electron chi connectivity index (χ4n) is 3.24. The summed E-state index contributed by atoms with van der Waals surface area (Å²) in [5.41, 5.74) is 1.42. The highest BCUT2D eigenvalue weighted by Crippen LogP contribution is 2.38. The van der Waals surface area contributed by atoms with E-state index in [1.165, 1.54) is 17.4 Å². The van der Waals surface area contributed by atoms with Crippen LogP contribution in [0.4, 0.5) is 24.0 Å². The van der Waals surface area contributed by atoms with Crippen molar-refractivity contribution in [2.24, 2.45) is 0 Å². The molecule has 0 fully saturated rings. The Morgan fingerprint density at radius 1 is 1.03 bits per heavy atom. The second-order valence-electron chi connectivity index (χ2n) is 8.11. The summed E-state index contributed by atoms with van der Waals surface area (Å²) in [7, 11) is 0. The minimum Gasteiger partial charge on any atom is -0.454 e. The SMILES string of the molecule is CC(C)(C)c1nc(Nc2cccc(C(F)(F)F)c2)sc1Cc1ccc2c(c1)OCO2. The lowest BCUT2D eigenvalue weighted by molar-refractivity contribution is -0.137. The Morgan fingerprint density at radius 3 is 2.53 bits per heavy atom. The zero-order valence-corrected chi connectivity index (χ0v) is 17.6. The molecule has 30 heavy (non-hydrogen) atoms. The van der Waals surface area contributed by atoms with Gasteiger partial charge in [-0.05, 0) is 35.9 Å². The van der Waals surface area contributed by atoms with Crippen LogP contribution in [0.5, 0.6) is 11.5 Å². The Labute approximate surface area is 176 Å². The summed E-state index contributed by atoms with van der Waals surface area (Å²) in [6.07, 6.45) is -3.74. The summed E-state index contributed by atoms with van der Waals surface area (Å²) in [6.45, 7) is 6.43. The minimum atomic E-state index is -4.39. The topological polar surface area (TPSA) is 43.4 Å². The molecule has 2 aromatic carbocycles. The molecule has 4 rings (SSSR count). The molecule has 0 saturated carbocycles. The van der Waals surface area contributed by atoms with Crippen molar-refractivity contribution in [3.05, 3.63) is 64.2 Å². The van der Waals surface area contributed by atoms with Crippen LogP contribution in [0.2, 0.25) is 0 Å². The van der Waals surface area contributed by atoms with Crippen LogP contribution in [0.1, 0.15) is 42.5 Å². The average molecular weight is 434 g/mol. The first-order valence-corrected chi connectivity index (χ1v) is 10.2. The summed E-state index contributed by atoms with van der Waals surface area (Å²) in [4.78, 5) is 5.76. The van der Waals surface area contributed by atoms with Crippen LogP contribution in [0.3, 0.4) is 0 Å². The first-order chi connectivity index (χ1) is 14.1. The Hall–Kier alpha value is -2.74. The number of aromatic nitrogens is 1. The number of hydrogen-bond acceptors (Lipinski definition) is 5. The Morgan fingerprint density at radius 2 is 1.80 bits per heavy atom. The molecule has 0 spiro atoms. The van der Waals surface area contributed by atoms with E-state index in [4.69, 9.17) is 14.5 Å². The van der Waals surface area contributed by atoms with Gasteiger partial charge >= 0.3 is 6.18 Å². The fraction of sp³-hybridized carbons (Fsp3) is 0.318. The molecule has 4 nitrogen and oxygen atoms in total.